The van der Waals surface area contributed by atoms with Crippen LogP contribution in [0.15, 0.2) is 114 Å². The van der Waals surface area contributed by atoms with Gasteiger partial charge in [-0.15, -0.1) is 0 Å². The van der Waals surface area contributed by atoms with Crippen LogP contribution in [0.25, 0.3) is 11.3 Å². The molecule has 1 atom stereocenters. The first-order chi connectivity index (χ1) is 19.6. The van der Waals surface area contributed by atoms with Gasteiger partial charge in [0, 0.05) is 40.9 Å². The number of halogens is 1. The summed E-state index contributed by atoms with van der Waals surface area (Å²) in [5.74, 6) is 0.913. The predicted molar refractivity (Wildman–Crippen MR) is 168 cm³/mol. The van der Waals surface area contributed by atoms with Gasteiger partial charge in [0.25, 0.3) is 0 Å². The number of anilines is 2. The van der Waals surface area contributed by atoms with Crippen molar-refractivity contribution in [3.05, 3.63) is 142 Å². The summed E-state index contributed by atoms with van der Waals surface area (Å²) in [6.07, 6.45) is 4.98. The van der Waals surface area contributed by atoms with Crippen molar-refractivity contribution < 1.29 is 0 Å². The number of aromatic nitrogens is 2. The van der Waals surface area contributed by atoms with Crippen LogP contribution in [0.4, 0.5) is 11.6 Å². The van der Waals surface area contributed by atoms with Crippen LogP contribution in [0.1, 0.15) is 33.7 Å². The van der Waals surface area contributed by atoms with Crippen molar-refractivity contribution in [1.29, 1.82) is 0 Å². The van der Waals surface area contributed by atoms with E-state index in [9.17, 15) is 0 Å². The van der Waals surface area contributed by atoms with E-state index in [0.717, 1.165) is 48.2 Å². The molecule has 0 saturated carbocycles. The molecular formula is C35H33BrN4. The highest BCUT2D eigenvalue weighted by Crippen LogP contribution is 2.42. The van der Waals surface area contributed by atoms with Crippen molar-refractivity contribution in [2.45, 2.75) is 25.2 Å². The highest BCUT2D eigenvalue weighted by atomic mass is 79.9. The number of nitrogens with one attached hydrogen (secondary N) is 1. The van der Waals surface area contributed by atoms with Crippen LogP contribution in [-0.2, 0) is 19.3 Å². The predicted octanol–water partition coefficient (Wildman–Crippen LogP) is 8.05. The average molecular weight is 590 g/mol. The molecule has 1 aromatic heterocycles. The quantitative estimate of drug-likeness (QED) is 0.189. The molecule has 40 heavy (non-hydrogen) atoms. The summed E-state index contributed by atoms with van der Waals surface area (Å²) in [5.41, 5.74) is 9.73. The van der Waals surface area contributed by atoms with E-state index in [2.05, 4.69) is 136 Å². The first-order valence-corrected chi connectivity index (χ1v) is 14.7. The zero-order valence-corrected chi connectivity index (χ0v) is 24.3. The van der Waals surface area contributed by atoms with Gasteiger partial charge in [-0.2, -0.15) is 0 Å². The number of hydrogen-bond donors (Lipinski definition) is 1. The second-order valence-electron chi connectivity index (χ2n) is 10.6. The zero-order chi connectivity index (χ0) is 27.3. The molecule has 5 aromatic rings. The molecule has 0 fully saturated rings. The molecule has 0 aliphatic heterocycles. The lowest BCUT2D eigenvalue weighted by atomic mass is 9.78. The molecule has 1 aliphatic rings. The Kier molecular flexibility index (Phi) is 8.03. The molecule has 1 heterocycles. The van der Waals surface area contributed by atoms with E-state index < -0.39 is 0 Å². The van der Waals surface area contributed by atoms with Gasteiger partial charge in [0.15, 0.2) is 0 Å². The smallest absolute Gasteiger partial charge is 0.227 e. The van der Waals surface area contributed by atoms with Gasteiger partial charge in [0.05, 0.1) is 5.69 Å². The normalized spacial score (nSPS) is 14.0. The third kappa shape index (κ3) is 6.16. The maximum atomic E-state index is 4.98. The van der Waals surface area contributed by atoms with Crippen molar-refractivity contribution in [1.82, 2.24) is 14.9 Å². The summed E-state index contributed by atoms with van der Waals surface area (Å²) < 4.78 is 1.10. The van der Waals surface area contributed by atoms with E-state index in [-0.39, 0.29) is 5.92 Å². The largest absolute Gasteiger partial charge is 0.324 e. The molecule has 5 heteroatoms. The fraction of sp³-hybridized carbons (Fsp3) is 0.200. The number of fused-ring (bicyclic) bond motifs is 3. The summed E-state index contributed by atoms with van der Waals surface area (Å²) in [5, 5.41) is 3.43. The minimum atomic E-state index is 0.286. The Labute approximate surface area is 245 Å². The van der Waals surface area contributed by atoms with E-state index in [1.54, 1.807) is 0 Å². The number of likely N-dealkylation sites (N-methyl/N-ethyl adjacent to an activating group) is 1. The average Bonchev–Trinajstić information content (AvgIpc) is 3.00. The zero-order valence-electron chi connectivity index (χ0n) is 22.7. The van der Waals surface area contributed by atoms with Crippen molar-refractivity contribution in [3.63, 3.8) is 0 Å². The van der Waals surface area contributed by atoms with E-state index in [1.807, 2.05) is 6.20 Å². The molecule has 0 saturated heterocycles. The van der Waals surface area contributed by atoms with Gasteiger partial charge < -0.3 is 10.2 Å². The van der Waals surface area contributed by atoms with Gasteiger partial charge in [-0.3, -0.25) is 0 Å². The second kappa shape index (κ2) is 12.2. The third-order valence-electron chi connectivity index (χ3n) is 7.75. The summed E-state index contributed by atoms with van der Waals surface area (Å²) in [4.78, 5) is 12.1. The molecular weight excluding hydrogens is 556 g/mol. The summed E-state index contributed by atoms with van der Waals surface area (Å²) in [6.45, 7) is 2.10. The molecule has 0 amide bonds. The number of nitrogens with zero attached hydrogens (tertiary/aromatic N) is 3. The molecule has 0 bridgehead atoms. The Morgan fingerprint density at radius 3 is 2.33 bits per heavy atom. The Bertz CT molecular complexity index is 1580. The SMILES string of the molecule is CN(CCc1ccccc1)CCc1ccc(Nc2ncc3c(n2)-c2ccccc2C(c2cccc(Br)c2)C3)cc1. The van der Waals surface area contributed by atoms with E-state index in [0.29, 0.717) is 5.95 Å². The first-order valence-electron chi connectivity index (χ1n) is 13.9. The highest BCUT2D eigenvalue weighted by molar-refractivity contribution is 9.10. The fourth-order valence-corrected chi connectivity index (χ4v) is 5.91. The second-order valence-corrected chi connectivity index (χ2v) is 11.5. The molecule has 0 radical (unpaired) electrons. The van der Waals surface area contributed by atoms with Crippen molar-refractivity contribution in [3.8, 4) is 11.3 Å². The maximum absolute atomic E-state index is 4.98. The molecule has 4 aromatic carbocycles. The Morgan fingerprint density at radius 1 is 0.825 bits per heavy atom. The summed E-state index contributed by atoms with van der Waals surface area (Å²) in [6, 6.07) is 36.6. The number of hydrogen-bond acceptors (Lipinski definition) is 4. The molecule has 6 rings (SSSR count). The lowest BCUT2D eigenvalue weighted by Gasteiger charge is -2.27. The van der Waals surface area contributed by atoms with Crippen LogP contribution in [0.3, 0.4) is 0 Å². The first kappa shape index (κ1) is 26.4. The monoisotopic (exact) mass is 588 g/mol. The van der Waals surface area contributed by atoms with E-state index in [4.69, 9.17) is 9.97 Å². The third-order valence-corrected chi connectivity index (χ3v) is 8.24. The van der Waals surface area contributed by atoms with Gasteiger partial charge in [0.1, 0.15) is 0 Å². The Hall–Kier alpha value is -3.80. The van der Waals surface area contributed by atoms with Crippen LogP contribution < -0.4 is 5.32 Å². The standard InChI is InChI=1S/C35H33BrN4/c1-40(20-18-25-8-3-2-4-9-25)21-19-26-14-16-30(17-15-26)38-35-37-24-28-23-33(27-10-7-11-29(36)22-27)31-12-5-6-13-32(31)34(28)39-35/h2-17,22,24,33H,18-21,23H2,1H3,(H,37,38,39). The Balaban J connectivity index is 1.11. The molecule has 1 aliphatic carbocycles. The number of rotatable bonds is 9. The maximum Gasteiger partial charge on any atom is 0.227 e. The number of benzene rings is 4. The lowest BCUT2D eigenvalue weighted by Crippen LogP contribution is -2.23. The van der Waals surface area contributed by atoms with E-state index in [1.165, 1.54) is 33.4 Å². The van der Waals surface area contributed by atoms with Crippen LogP contribution in [-0.4, -0.2) is 35.0 Å². The van der Waals surface area contributed by atoms with Crippen LogP contribution in [0.5, 0.6) is 0 Å². The molecule has 0 spiro atoms. The molecule has 1 unspecified atom stereocenters. The van der Waals surface area contributed by atoms with Crippen LogP contribution in [0.2, 0.25) is 0 Å². The Morgan fingerprint density at radius 2 is 1.55 bits per heavy atom. The summed E-state index contributed by atoms with van der Waals surface area (Å²) >= 11 is 3.64. The van der Waals surface area contributed by atoms with Gasteiger partial charge in [-0.25, -0.2) is 9.97 Å². The van der Waals surface area contributed by atoms with Crippen LogP contribution in [0, 0.1) is 0 Å². The fourth-order valence-electron chi connectivity index (χ4n) is 5.50. The van der Waals surface area contributed by atoms with Gasteiger partial charge >= 0.3 is 0 Å². The van der Waals surface area contributed by atoms with E-state index >= 15 is 0 Å². The topological polar surface area (TPSA) is 41.0 Å². The van der Waals surface area contributed by atoms with Gasteiger partial charge in [-0.1, -0.05) is 94.8 Å². The van der Waals surface area contributed by atoms with Gasteiger partial charge in [-0.05, 0) is 78.4 Å². The van der Waals surface area contributed by atoms with Crippen LogP contribution >= 0.6 is 15.9 Å². The minimum Gasteiger partial charge on any atom is -0.324 e. The van der Waals surface area contributed by atoms with Gasteiger partial charge in [0.2, 0.25) is 5.95 Å². The minimum absolute atomic E-state index is 0.286. The van der Waals surface area contributed by atoms with Crippen molar-refractivity contribution in [2.75, 3.05) is 25.5 Å². The molecule has 1 N–H and O–H groups in total. The summed E-state index contributed by atoms with van der Waals surface area (Å²) in [7, 11) is 2.20. The lowest BCUT2D eigenvalue weighted by molar-refractivity contribution is 0.343. The van der Waals surface area contributed by atoms with Crippen molar-refractivity contribution >= 4 is 27.6 Å². The molecule has 200 valence electrons. The molecule has 4 nitrogen and oxygen atoms in total. The highest BCUT2D eigenvalue weighted by Gasteiger charge is 2.27. The van der Waals surface area contributed by atoms with Crippen molar-refractivity contribution in [2.24, 2.45) is 0 Å².